The molecule has 0 unspecified atom stereocenters. The van der Waals surface area contributed by atoms with Gasteiger partial charge in [-0.1, -0.05) is 137 Å². The summed E-state index contributed by atoms with van der Waals surface area (Å²) in [5.41, 5.74) is 0. The highest BCUT2D eigenvalue weighted by Gasteiger charge is 2.29. The van der Waals surface area contributed by atoms with Crippen LogP contribution in [0.15, 0.2) is 0 Å². The molecular weight excluding hydrogens is 542 g/mol. The Balaban J connectivity index is 4.28. The average Bonchev–Trinajstić information content (AvgIpc) is 2.86. The van der Waals surface area contributed by atoms with E-state index in [2.05, 4.69) is 33.0 Å². The molecule has 4 atom stereocenters. The van der Waals surface area contributed by atoms with Gasteiger partial charge in [-0.2, -0.15) is 8.42 Å². The Labute approximate surface area is 252 Å². The predicted octanol–water partition coefficient (Wildman–Crippen LogP) is 6.56. The second kappa shape index (κ2) is 24.7. The predicted molar refractivity (Wildman–Crippen MR) is 168 cm³/mol. The second-order valence-corrected chi connectivity index (χ2v) is 14.6. The normalized spacial score (nSPS) is 15.3. The summed E-state index contributed by atoms with van der Waals surface area (Å²) in [6, 6.07) is -1.32. The molecule has 0 fully saturated rings. The Morgan fingerprint density at radius 3 is 1.37 bits per heavy atom. The fraction of sp³-hybridized carbons (Fsp3) is 0.969. The highest BCUT2D eigenvalue weighted by Crippen LogP contribution is 2.16. The van der Waals surface area contributed by atoms with Crippen molar-refractivity contribution >= 4 is 16.0 Å². The minimum absolute atomic E-state index is 0.122. The highest BCUT2D eigenvalue weighted by molar-refractivity contribution is 7.85. The van der Waals surface area contributed by atoms with Crippen LogP contribution < -0.4 is 5.32 Å². The molecular formula is C32H65NO7S. The summed E-state index contributed by atoms with van der Waals surface area (Å²) in [7, 11) is -4.49. The first-order valence-corrected chi connectivity index (χ1v) is 18.2. The number of nitrogens with one attached hydrogen (secondary N) is 1. The monoisotopic (exact) mass is 607 g/mol. The van der Waals surface area contributed by atoms with Crippen LogP contribution in [0.2, 0.25) is 0 Å². The molecule has 0 heterocycles. The maximum Gasteiger partial charge on any atom is 0.266 e. The van der Waals surface area contributed by atoms with Crippen molar-refractivity contribution in [1.29, 1.82) is 0 Å². The molecule has 9 heteroatoms. The van der Waals surface area contributed by atoms with E-state index in [4.69, 9.17) is 0 Å². The van der Waals surface area contributed by atoms with Crippen molar-refractivity contribution in [2.75, 3.05) is 5.75 Å². The van der Waals surface area contributed by atoms with Crippen molar-refractivity contribution in [3.05, 3.63) is 0 Å². The van der Waals surface area contributed by atoms with Crippen molar-refractivity contribution in [1.82, 2.24) is 5.32 Å². The van der Waals surface area contributed by atoms with Crippen LogP contribution in [0.25, 0.3) is 0 Å². The third-order valence-electron chi connectivity index (χ3n) is 7.83. The molecule has 0 rings (SSSR count). The van der Waals surface area contributed by atoms with E-state index in [1.54, 1.807) is 0 Å². The first-order chi connectivity index (χ1) is 19.3. The first-order valence-electron chi connectivity index (χ1n) is 16.6. The van der Waals surface area contributed by atoms with Crippen LogP contribution in [0, 0.1) is 11.8 Å². The van der Waals surface area contributed by atoms with E-state index in [1.165, 1.54) is 64.2 Å². The Bertz CT molecular complexity index is 730. The van der Waals surface area contributed by atoms with Crippen LogP contribution in [0.5, 0.6) is 0 Å². The lowest BCUT2D eigenvalue weighted by atomic mass is 9.99. The SMILES string of the molecule is CC(C)CCCCCCCCCC[C@@H](O)C(=O)N[C@@H](CS(=O)(=O)O)[C@H](O)C[C@H](O)CCCCCCCCCC(C)C. The van der Waals surface area contributed by atoms with Crippen LogP contribution in [0.4, 0.5) is 0 Å². The van der Waals surface area contributed by atoms with E-state index in [0.717, 1.165) is 50.4 Å². The molecule has 8 nitrogen and oxygen atoms in total. The van der Waals surface area contributed by atoms with E-state index in [1.807, 2.05) is 0 Å². The lowest BCUT2D eigenvalue weighted by molar-refractivity contribution is -0.131. The minimum Gasteiger partial charge on any atom is -0.393 e. The van der Waals surface area contributed by atoms with Gasteiger partial charge in [0.15, 0.2) is 0 Å². The van der Waals surface area contributed by atoms with E-state index in [9.17, 15) is 33.1 Å². The third kappa shape index (κ3) is 26.6. The maximum absolute atomic E-state index is 12.5. The van der Waals surface area contributed by atoms with Crippen LogP contribution in [0.3, 0.4) is 0 Å². The largest absolute Gasteiger partial charge is 0.393 e. The molecule has 0 bridgehead atoms. The van der Waals surface area contributed by atoms with Crippen molar-refractivity contribution in [3.63, 3.8) is 0 Å². The number of hydrogen-bond acceptors (Lipinski definition) is 6. The number of rotatable bonds is 28. The van der Waals surface area contributed by atoms with Gasteiger partial charge in [-0.25, -0.2) is 0 Å². The molecule has 246 valence electrons. The number of hydrogen-bond donors (Lipinski definition) is 5. The molecule has 0 spiro atoms. The molecule has 0 aliphatic heterocycles. The van der Waals surface area contributed by atoms with Crippen molar-refractivity contribution in [2.24, 2.45) is 11.8 Å². The number of unbranched alkanes of at least 4 members (excludes halogenated alkanes) is 13. The van der Waals surface area contributed by atoms with E-state index in [0.29, 0.717) is 12.8 Å². The average molecular weight is 608 g/mol. The zero-order chi connectivity index (χ0) is 31.1. The van der Waals surface area contributed by atoms with Crippen molar-refractivity contribution < 1.29 is 33.1 Å². The van der Waals surface area contributed by atoms with Crippen LogP contribution in [0.1, 0.15) is 156 Å². The molecule has 0 aromatic carbocycles. The Morgan fingerprint density at radius 2 is 0.976 bits per heavy atom. The lowest BCUT2D eigenvalue weighted by Gasteiger charge is -2.26. The molecule has 0 saturated heterocycles. The lowest BCUT2D eigenvalue weighted by Crippen LogP contribution is -2.51. The summed E-state index contributed by atoms with van der Waals surface area (Å²) in [4.78, 5) is 12.5. The molecule has 0 radical (unpaired) electrons. The van der Waals surface area contributed by atoms with Gasteiger partial charge in [0, 0.05) is 6.42 Å². The zero-order valence-corrected chi connectivity index (χ0v) is 27.6. The number of carbonyl (C=O) groups is 1. The van der Waals surface area contributed by atoms with Gasteiger partial charge in [0.1, 0.15) is 6.10 Å². The van der Waals surface area contributed by atoms with Gasteiger partial charge in [0.05, 0.1) is 24.0 Å². The van der Waals surface area contributed by atoms with Crippen LogP contribution in [-0.4, -0.2) is 64.3 Å². The number of aliphatic hydroxyl groups is 3. The molecule has 0 aromatic heterocycles. The smallest absolute Gasteiger partial charge is 0.266 e. The van der Waals surface area contributed by atoms with Gasteiger partial charge in [-0.05, 0) is 24.7 Å². The standard InChI is InChI=1S/C32H65NO7S/c1-26(2)20-16-12-8-5-6-11-15-19-23-30(35)32(37)33-29(25-41(38,39)40)31(36)24-28(34)22-18-14-10-7-9-13-17-21-27(3)4/h26-31,34-36H,5-25H2,1-4H3,(H,33,37)(H,38,39,40)/t28-,29+,30-,31-/m1/s1. The van der Waals surface area contributed by atoms with Crippen molar-refractivity contribution in [2.45, 2.75) is 180 Å². The Kier molecular flexibility index (Phi) is 24.2. The molecule has 0 saturated carbocycles. The summed E-state index contributed by atoms with van der Waals surface area (Å²) in [5.74, 6) is -0.143. The third-order valence-corrected chi connectivity index (χ3v) is 8.61. The van der Waals surface area contributed by atoms with Crippen LogP contribution >= 0.6 is 0 Å². The topological polar surface area (TPSA) is 144 Å². The molecule has 5 N–H and O–H groups in total. The van der Waals surface area contributed by atoms with E-state index < -0.39 is 46.1 Å². The summed E-state index contributed by atoms with van der Waals surface area (Å²) in [5, 5.41) is 33.6. The highest BCUT2D eigenvalue weighted by atomic mass is 32.2. The number of carbonyl (C=O) groups excluding carboxylic acids is 1. The summed E-state index contributed by atoms with van der Waals surface area (Å²) < 4.78 is 32.3. The van der Waals surface area contributed by atoms with Crippen LogP contribution in [-0.2, 0) is 14.9 Å². The molecule has 0 aliphatic carbocycles. The summed E-state index contributed by atoms with van der Waals surface area (Å²) in [6.07, 6.45) is 16.1. The van der Waals surface area contributed by atoms with Gasteiger partial charge in [0.25, 0.3) is 10.1 Å². The molecule has 0 aromatic rings. The van der Waals surface area contributed by atoms with Gasteiger partial charge in [-0.15, -0.1) is 0 Å². The van der Waals surface area contributed by atoms with Gasteiger partial charge in [-0.3, -0.25) is 9.35 Å². The fourth-order valence-corrected chi connectivity index (χ4v) is 5.97. The fourth-order valence-electron chi connectivity index (χ4n) is 5.21. The van der Waals surface area contributed by atoms with E-state index in [-0.39, 0.29) is 12.8 Å². The minimum atomic E-state index is -4.49. The maximum atomic E-state index is 12.5. The quantitative estimate of drug-likeness (QED) is 0.0501. The molecule has 41 heavy (non-hydrogen) atoms. The molecule has 1 amide bonds. The molecule has 0 aliphatic rings. The number of amides is 1. The Hall–Kier alpha value is -0.740. The first kappa shape index (κ1) is 40.3. The van der Waals surface area contributed by atoms with Crippen molar-refractivity contribution in [3.8, 4) is 0 Å². The summed E-state index contributed by atoms with van der Waals surface area (Å²) in [6.45, 7) is 8.97. The summed E-state index contributed by atoms with van der Waals surface area (Å²) >= 11 is 0. The van der Waals surface area contributed by atoms with Gasteiger partial charge < -0.3 is 20.6 Å². The zero-order valence-electron chi connectivity index (χ0n) is 26.7. The van der Waals surface area contributed by atoms with Gasteiger partial charge >= 0.3 is 0 Å². The second-order valence-electron chi connectivity index (χ2n) is 13.1. The Morgan fingerprint density at radius 1 is 0.610 bits per heavy atom. The van der Waals surface area contributed by atoms with E-state index >= 15 is 0 Å². The van der Waals surface area contributed by atoms with Gasteiger partial charge in [0.2, 0.25) is 5.91 Å². The number of aliphatic hydroxyl groups excluding tert-OH is 3.